The molecule has 0 aliphatic rings. The Labute approximate surface area is 148 Å². The zero-order valence-electron chi connectivity index (χ0n) is 12.8. The number of rotatable bonds is 7. The van der Waals surface area contributed by atoms with Crippen LogP contribution in [0, 0.1) is 11.3 Å². The SMILES string of the molecule is N#Cc1ccc(NC(=O)COC(=O)CNS(=O)(=O)c2cccs2)cc1. The van der Waals surface area contributed by atoms with Gasteiger partial charge in [0.1, 0.15) is 10.8 Å². The van der Waals surface area contributed by atoms with Crippen LogP contribution in [0.3, 0.4) is 0 Å². The van der Waals surface area contributed by atoms with Gasteiger partial charge in [-0.25, -0.2) is 8.42 Å². The summed E-state index contributed by atoms with van der Waals surface area (Å²) in [6.07, 6.45) is 0. The van der Waals surface area contributed by atoms with Crippen LogP contribution >= 0.6 is 11.3 Å². The van der Waals surface area contributed by atoms with Gasteiger partial charge in [-0.05, 0) is 35.7 Å². The number of anilines is 1. The fraction of sp³-hybridized carbons (Fsp3) is 0.133. The fourth-order valence-corrected chi connectivity index (χ4v) is 3.67. The number of nitrogens with zero attached hydrogens (tertiary/aromatic N) is 1. The zero-order valence-corrected chi connectivity index (χ0v) is 14.4. The number of sulfonamides is 1. The van der Waals surface area contributed by atoms with Crippen molar-refractivity contribution < 1.29 is 22.7 Å². The van der Waals surface area contributed by atoms with E-state index in [1.54, 1.807) is 11.4 Å². The Kier molecular flexibility index (Phi) is 6.24. The first-order valence-electron chi connectivity index (χ1n) is 6.89. The third kappa shape index (κ3) is 5.68. The smallest absolute Gasteiger partial charge is 0.321 e. The van der Waals surface area contributed by atoms with E-state index in [-0.39, 0.29) is 4.21 Å². The molecule has 130 valence electrons. The molecule has 2 rings (SSSR count). The number of hydrogen-bond acceptors (Lipinski definition) is 7. The molecule has 25 heavy (non-hydrogen) atoms. The van der Waals surface area contributed by atoms with Crippen LogP contribution in [0.5, 0.6) is 0 Å². The molecule has 1 aromatic heterocycles. The summed E-state index contributed by atoms with van der Waals surface area (Å²) in [7, 11) is -3.76. The third-order valence-corrected chi connectivity index (χ3v) is 5.63. The number of nitriles is 1. The Morgan fingerprint density at radius 3 is 2.52 bits per heavy atom. The van der Waals surface area contributed by atoms with Crippen LogP contribution < -0.4 is 10.0 Å². The van der Waals surface area contributed by atoms with E-state index >= 15 is 0 Å². The molecule has 0 bridgehead atoms. The predicted octanol–water partition coefficient (Wildman–Crippen LogP) is 1.08. The van der Waals surface area contributed by atoms with Crippen molar-refractivity contribution in [1.29, 1.82) is 5.26 Å². The standard InChI is InChI=1S/C15H13N3O5S2/c16-8-11-3-5-12(6-4-11)18-13(19)10-23-14(20)9-17-25(21,22)15-2-1-7-24-15/h1-7,17H,9-10H2,(H,18,19). The van der Waals surface area contributed by atoms with Crippen LogP contribution in [0.1, 0.15) is 5.56 Å². The fourth-order valence-electron chi connectivity index (χ4n) is 1.66. The number of ether oxygens (including phenoxy) is 1. The number of carbonyl (C=O) groups is 2. The van der Waals surface area contributed by atoms with Gasteiger partial charge < -0.3 is 10.1 Å². The van der Waals surface area contributed by atoms with Crippen molar-refractivity contribution in [2.75, 3.05) is 18.5 Å². The van der Waals surface area contributed by atoms with E-state index in [9.17, 15) is 18.0 Å². The molecule has 8 nitrogen and oxygen atoms in total. The lowest BCUT2D eigenvalue weighted by molar-refractivity contribution is -0.146. The van der Waals surface area contributed by atoms with Gasteiger partial charge in [0, 0.05) is 5.69 Å². The van der Waals surface area contributed by atoms with Gasteiger partial charge in [0.15, 0.2) is 6.61 Å². The number of carbonyl (C=O) groups excluding carboxylic acids is 2. The first-order chi connectivity index (χ1) is 11.9. The predicted molar refractivity (Wildman–Crippen MR) is 90.3 cm³/mol. The quantitative estimate of drug-likeness (QED) is 0.694. The topological polar surface area (TPSA) is 125 Å². The van der Waals surface area contributed by atoms with Gasteiger partial charge in [-0.1, -0.05) is 6.07 Å². The van der Waals surface area contributed by atoms with Gasteiger partial charge in [0.05, 0.1) is 11.6 Å². The second kappa shape index (κ2) is 8.39. The number of nitrogens with one attached hydrogen (secondary N) is 2. The maximum Gasteiger partial charge on any atom is 0.321 e. The molecule has 10 heteroatoms. The highest BCUT2D eigenvalue weighted by atomic mass is 32.2. The van der Waals surface area contributed by atoms with Crippen molar-refractivity contribution in [3.05, 3.63) is 47.3 Å². The molecule has 0 saturated heterocycles. The highest BCUT2D eigenvalue weighted by Gasteiger charge is 2.17. The summed E-state index contributed by atoms with van der Waals surface area (Å²) in [6.45, 7) is -1.13. The zero-order chi connectivity index (χ0) is 18.3. The van der Waals surface area contributed by atoms with Crippen LogP contribution in [-0.2, 0) is 24.3 Å². The molecular weight excluding hydrogens is 366 g/mol. The van der Waals surface area contributed by atoms with E-state index < -0.39 is 35.1 Å². The van der Waals surface area contributed by atoms with Crippen molar-refractivity contribution >= 4 is 38.9 Å². The summed E-state index contributed by atoms with van der Waals surface area (Å²) in [5.41, 5.74) is 0.890. The molecule has 2 N–H and O–H groups in total. The van der Waals surface area contributed by atoms with Crippen LogP contribution in [0.25, 0.3) is 0 Å². The van der Waals surface area contributed by atoms with Crippen molar-refractivity contribution in [2.24, 2.45) is 0 Å². The van der Waals surface area contributed by atoms with E-state index in [0.29, 0.717) is 11.3 Å². The number of esters is 1. The minimum absolute atomic E-state index is 0.0823. The molecule has 0 unspecified atom stereocenters. The summed E-state index contributed by atoms with van der Waals surface area (Å²) >= 11 is 1.02. The molecular formula is C15H13N3O5S2. The normalized spacial score (nSPS) is 10.7. The first kappa shape index (κ1) is 18.6. The first-order valence-corrected chi connectivity index (χ1v) is 9.26. The molecule has 1 heterocycles. The monoisotopic (exact) mass is 379 g/mol. The molecule has 1 aromatic carbocycles. The Morgan fingerprint density at radius 1 is 1.20 bits per heavy atom. The number of benzene rings is 1. The maximum atomic E-state index is 11.8. The Balaban J connectivity index is 1.75. The summed E-state index contributed by atoms with van der Waals surface area (Å²) in [5, 5.41) is 12.8. The summed E-state index contributed by atoms with van der Waals surface area (Å²) in [5.74, 6) is -1.46. The Bertz CT molecular complexity index is 884. The van der Waals surface area contributed by atoms with E-state index in [1.807, 2.05) is 6.07 Å². The number of amides is 1. The molecule has 0 atom stereocenters. The summed E-state index contributed by atoms with van der Waals surface area (Å²) in [4.78, 5) is 23.2. The van der Waals surface area contributed by atoms with Crippen molar-refractivity contribution in [3.63, 3.8) is 0 Å². The second-order valence-corrected chi connectivity index (χ2v) is 7.60. The van der Waals surface area contributed by atoms with E-state index in [0.717, 1.165) is 11.3 Å². The summed E-state index contributed by atoms with van der Waals surface area (Å²) < 4.78 is 30.5. The molecule has 0 spiro atoms. The molecule has 0 radical (unpaired) electrons. The van der Waals surface area contributed by atoms with Gasteiger partial charge in [-0.15, -0.1) is 11.3 Å². The Morgan fingerprint density at radius 2 is 1.92 bits per heavy atom. The molecule has 0 aliphatic carbocycles. The van der Waals surface area contributed by atoms with E-state index in [1.165, 1.54) is 30.3 Å². The van der Waals surface area contributed by atoms with Crippen molar-refractivity contribution in [1.82, 2.24) is 4.72 Å². The van der Waals surface area contributed by atoms with Gasteiger partial charge in [0.25, 0.3) is 15.9 Å². The average Bonchev–Trinajstić information content (AvgIpc) is 3.14. The highest BCUT2D eigenvalue weighted by molar-refractivity contribution is 7.91. The Hall–Kier alpha value is -2.74. The lowest BCUT2D eigenvalue weighted by Crippen LogP contribution is -2.32. The average molecular weight is 379 g/mol. The molecule has 0 fully saturated rings. The molecule has 1 amide bonds. The van der Waals surface area contributed by atoms with Gasteiger partial charge >= 0.3 is 5.97 Å². The highest BCUT2D eigenvalue weighted by Crippen LogP contribution is 2.14. The van der Waals surface area contributed by atoms with Crippen LogP contribution in [-0.4, -0.2) is 33.4 Å². The minimum atomic E-state index is -3.76. The third-order valence-electron chi connectivity index (χ3n) is 2.83. The minimum Gasteiger partial charge on any atom is -0.455 e. The maximum absolute atomic E-state index is 11.8. The van der Waals surface area contributed by atoms with Gasteiger partial charge in [-0.2, -0.15) is 9.98 Å². The second-order valence-electron chi connectivity index (χ2n) is 4.65. The molecule has 0 saturated carbocycles. The van der Waals surface area contributed by atoms with Crippen molar-refractivity contribution in [3.8, 4) is 6.07 Å². The van der Waals surface area contributed by atoms with E-state index in [2.05, 4.69) is 10.0 Å². The summed E-state index contributed by atoms with van der Waals surface area (Å²) in [6, 6.07) is 11.1. The molecule has 0 aliphatic heterocycles. The van der Waals surface area contributed by atoms with Crippen LogP contribution in [0.15, 0.2) is 46.0 Å². The lowest BCUT2D eigenvalue weighted by Gasteiger charge is -2.07. The molecule has 2 aromatic rings. The van der Waals surface area contributed by atoms with Crippen LogP contribution in [0.4, 0.5) is 5.69 Å². The van der Waals surface area contributed by atoms with Crippen LogP contribution in [0.2, 0.25) is 0 Å². The van der Waals surface area contributed by atoms with E-state index in [4.69, 9.17) is 10.00 Å². The van der Waals surface area contributed by atoms with Gasteiger partial charge in [-0.3, -0.25) is 9.59 Å². The number of thiophene rings is 1. The largest absolute Gasteiger partial charge is 0.455 e. The lowest BCUT2D eigenvalue weighted by atomic mass is 10.2. The van der Waals surface area contributed by atoms with Crippen molar-refractivity contribution in [2.45, 2.75) is 4.21 Å². The van der Waals surface area contributed by atoms with Gasteiger partial charge in [0.2, 0.25) is 0 Å². The number of hydrogen-bond donors (Lipinski definition) is 2.